The largest absolute Gasteiger partial charge is 0.309 e. The van der Waals surface area contributed by atoms with Crippen LogP contribution in [0.4, 0.5) is 13.2 Å². The molecule has 0 amide bonds. The second-order valence-electron chi connectivity index (χ2n) is 6.40. The van der Waals surface area contributed by atoms with Gasteiger partial charge < -0.3 is 9.55 Å². The van der Waals surface area contributed by atoms with E-state index >= 15 is 0 Å². The summed E-state index contributed by atoms with van der Waals surface area (Å²) in [6, 6.07) is 8.13. The van der Waals surface area contributed by atoms with E-state index in [1.807, 2.05) is 6.92 Å². The third-order valence-corrected chi connectivity index (χ3v) is 4.78. The molecule has 0 saturated carbocycles. The minimum absolute atomic E-state index is 0.0455. The summed E-state index contributed by atoms with van der Waals surface area (Å²) in [5, 5.41) is 0.564. The van der Waals surface area contributed by atoms with Crippen LogP contribution in [0, 0.1) is 17.5 Å². The van der Waals surface area contributed by atoms with Crippen molar-refractivity contribution in [1.82, 2.24) is 19.5 Å². The van der Waals surface area contributed by atoms with Crippen LogP contribution in [-0.4, -0.2) is 19.5 Å². The molecule has 0 radical (unpaired) electrons. The summed E-state index contributed by atoms with van der Waals surface area (Å²) in [7, 11) is 0. The van der Waals surface area contributed by atoms with E-state index in [0.717, 1.165) is 5.56 Å². The predicted molar refractivity (Wildman–Crippen MR) is 103 cm³/mol. The number of aromatic nitrogens is 4. The smallest absolute Gasteiger partial charge is 0.279 e. The summed E-state index contributed by atoms with van der Waals surface area (Å²) in [5.74, 6) is -2.54. The standard InChI is InChI=1S/C20H14ClF3N4O/c1-2-28-18(10-3-5-11(21)6-4-10)27-17-19(28)25-16(26-20(17)29)9-13-14(23)7-12(22)8-15(13)24/h3-8H,2,9H2,1H3,(H,25,26,29). The number of nitrogens with zero attached hydrogens (tertiary/aromatic N) is 3. The van der Waals surface area contributed by atoms with Gasteiger partial charge in [-0.3, -0.25) is 4.79 Å². The van der Waals surface area contributed by atoms with Gasteiger partial charge in [-0.2, -0.15) is 0 Å². The highest BCUT2D eigenvalue weighted by Gasteiger charge is 2.19. The molecule has 5 nitrogen and oxygen atoms in total. The molecule has 0 aliphatic rings. The number of hydrogen-bond acceptors (Lipinski definition) is 3. The molecule has 9 heteroatoms. The Morgan fingerprint density at radius 1 is 1.07 bits per heavy atom. The molecule has 29 heavy (non-hydrogen) atoms. The van der Waals surface area contributed by atoms with Crippen molar-refractivity contribution in [2.45, 2.75) is 19.9 Å². The maximum atomic E-state index is 14.0. The highest BCUT2D eigenvalue weighted by atomic mass is 35.5. The van der Waals surface area contributed by atoms with Crippen molar-refractivity contribution in [3.05, 3.63) is 80.6 Å². The van der Waals surface area contributed by atoms with Crippen LogP contribution < -0.4 is 5.56 Å². The highest BCUT2D eigenvalue weighted by Crippen LogP contribution is 2.24. The number of rotatable bonds is 4. The van der Waals surface area contributed by atoms with E-state index in [9.17, 15) is 18.0 Å². The first-order valence-electron chi connectivity index (χ1n) is 8.76. The summed E-state index contributed by atoms with van der Waals surface area (Å²) in [5.41, 5.74) is 0.232. The Kier molecular flexibility index (Phi) is 4.87. The van der Waals surface area contributed by atoms with Crippen LogP contribution in [-0.2, 0) is 13.0 Å². The van der Waals surface area contributed by atoms with Crippen LogP contribution in [0.15, 0.2) is 41.2 Å². The van der Waals surface area contributed by atoms with Gasteiger partial charge in [0, 0.05) is 41.2 Å². The Balaban J connectivity index is 1.85. The molecule has 1 N–H and O–H groups in total. The van der Waals surface area contributed by atoms with Crippen molar-refractivity contribution in [2.24, 2.45) is 0 Å². The van der Waals surface area contributed by atoms with Crippen LogP contribution in [0.1, 0.15) is 18.3 Å². The average Bonchev–Trinajstić information content (AvgIpc) is 3.04. The van der Waals surface area contributed by atoms with Gasteiger partial charge in [0.25, 0.3) is 5.56 Å². The number of hydrogen-bond donors (Lipinski definition) is 1. The van der Waals surface area contributed by atoms with E-state index in [4.69, 9.17) is 11.6 Å². The summed E-state index contributed by atoms with van der Waals surface area (Å²) < 4.78 is 42.8. The van der Waals surface area contributed by atoms with Crippen LogP contribution in [0.2, 0.25) is 5.02 Å². The molecule has 0 aliphatic carbocycles. The molecule has 4 rings (SSSR count). The van der Waals surface area contributed by atoms with Gasteiger partial charge in [0.15, 0.2) is 11.2 Å². The molecule has 4 aromatic rings. The Hall–Kier alpha value is -3.13. The van der Waals surface area contributed by atoms with E-state index in [2.05, 4.69) is 15.0 Å². The lowest BCUT2D eigenvalue weighted by molar-refractivity contribution is 0.526. The summed E-state index contributed by atoms with van der Waals surface area (Å²) in [6.45, 7) is 2.33. The first kappa shape index (κ1) is 19.2. The third kappa shape index (κ3) is 3.51. The zero-order valence-corrected chi connectivity index (χ0v) is 15.9. The number of benzene rings is 2. The van der Waals surface area contributed by atoms with Gasteiger partial charge in [-0.1, -0.05) is 11.6 Å². The lowest BCUT2D eigenvalue weighted by Crippen LogP contribution is -2.14. The Bertz CT molecular complexity index is 1260. The predicted octanol–water partition coefficient (Wildman–Crippen LogP) is 4.47. The Labute approximate surface area is 167 Å². The lowest BCUT2D eigenvalue weighted by atomic mass is 10.1. The SMILES string of the molecule is CCn1c(-c2ccc(Cl)cc2)nc2c(=O)[nH]c(Cc3c(F)cc(F)cc3F)nc21. The van der Waals surface area contributed by atoms with Crippen molar-refractivity contribution < 1.29 is 13.2 Å². The van der Waals surface area contributed by atoms with Crippen molar-refractivity contribution >= 4 is 22.8 Å². The van der Waals surface area contributed by atoms with E-state index < -0.39 is 23.0 Å². The highest BCUT2D eigenvalue weighted by molar-refractivity contribution is 6.30. The molecule has 0 spiro atoms. The third-order valence-electron chi connectivity index (χ3n) is 4.52. The van der Waals surface area contributed by atoms with Gasteiger partial charge in [0.1, 0.15) is 29.1 Å². The topological polar surface area (TPSA) is 63.6 Å². The van der Waals surface area contributed by atoms with Crippen molar-refractivity contribution in [3.63, 3.8) is 0 Å². The molecular weight excluding hydrogens is 405 g/mol. The van der Waals surface area contributed by atoms with Crippen LogP contribution >= 0.6 is 11.6 Å². The van der Waals surface area contributed by atoms with Gasteiger partial charge in [0.05, 0.1) is 0 Å². The number of nitrogens with one attached hydrogen (secondary N) is 1. The van der Waals surface area contributed by atoms with Gasteiger partial charge in [-0.15, -0.1) is 0 Å². The summed E-state index contributed by atoms with van der Waals surface area (Å²) in [4.78, 5) is 23.8. The Morgan fingerprint density at radius 2 is 1.72 bits per heavy atom. The number of halogens is 4. The number of aromatic amines is 1. The first-order chi connectivity index (χ1) is 13.9. The molecule has 2 aromatic carbocycles. The molecule has 0 atom stereocenters. The van der Waals surface area contributed by atoms with Crippen LogP contribution in [0.25, 0.3) is 22.6 Å². The Morgan fingerprint density at radius 3 is 2.34 bits per heavy atom. The van der Waals surface area contributed by atoms with E-state index in [1.165, 1.54) is 0 Å². The zero-order valence-electron chi connectivity index (χ0n) is 15.1. The molecule has 0 saturated heterocycles. The van der Waals surface area contributed by atoms with E-state index in [1.54, 1.807) is 28.8 Å². The molecule has 2 heterocycles. The number of H-pyrrole nitrogens is 1. The molecule has 0 unspecified atom stereocenters. The molecular formula is C20H14ClF3N4O. The van der Waals surface area contributed by atoms with Gasteiger partial charge in [-0.05, 0) is 31.2 Å². The number of imidazole rings is 1. The van der Waals surface area contributed by atoms with E-state index in [0.29, 0.717) is 35.2 Å². The summed E-state index contributed by atoms with van der Waals surface area (Å²) >= 11 is 5.93. The fraction of sp³-hybridized carbons (Fsp3) is 0.150. The zero-order chi connectivity index (χ0) is 20.7. The van der Waals surface area contributed by atoms with Gasteiger partial charge >= 0.3 is 0 Å². The lowest BCUT2D eigenvalue weighted by Gasteiger charge is -2.07. The average molecular weight is 419 g/mol. The van der Waals surface area contributed by atoms with Gasteiger partial charge in [-0.25, -0.2) is 23.1 Å². The summed E-state index contributed by atoms with van der Waals surface area (Å²) in [6.07, 6.45) is -0.339. The minimum Gasteiger partial charge on any atom is -0.309 e. The van der Waals surface area contributed by atoms with Crippen LogP contribution in [0.5, 0.6) is 0 Å². The maximum Gasteiger partial charge on any atom is 0.279 e. The van der Waals surface area contributed by atoms with Crippen molar-refractivity contribution in [3.8, 4) is 11.4 Å². The molecule has 0 fully saturated rings. The molecule has 148 valence electrons. The fourth-order valence-corrected chi connectivity index (χ4v) is 3.29. The normalized spacial score (nSPS) is 11.3. The monoisotopic (exact) mass is 418 g/mol. The molecule has 2 aromatic heterocycles. The second-order valence-corrected chi connectivity index (χ2v) is 6.83. The van der Waals surface area contributed by atoms with Crippen molar-refractivity contribution in [2.75, 3.05) is 0 Å². The quantitative estimate of drug-likeness (QED) is 0.532. The van der Waals surface area contributed by atoms with Crippen molar-refractivity contribution in [1.29, 1.82) is 0 Å². The van der Waals surface area contributed by atoms with Gasteiger partial charge in [0.2, 0.25) is 0 Å². The number of fused-ring (bicyclic) bond motifs is 1. The number of aryl methyl sites for hydroxylation is 1. The molecule has 0 bridgehead atoms. The first-order valence-corrected chi connectivity index (χ1v) is 9.14. The minimum atomic E-state index is -1.05. The van der Waals surface area contributed by atoms with E-state index in [-0.39, 0.29) is 23.3 Å². The van der Waals surface area contributed by atoms with Crippen LogP contribution in [0.3, 0.4) is 0 Å². The fourth-order valence-electron chi connectivity index (χ4n) is 3.17. The molecule has 0 aliphatic heterocycles. The maximum absolute atomic E-state index is 14.0. The second kappa shape index (κ2) is 7.36.